The standard InChI is InChI=1S/C13H25NO4.C11H21NO4.C9H20N2O.C9H16O.C8H15NO4.C8H17NO3S.C8H17NO2.2C7H15NO.C7H17N.CH4/c1-7-17-11(15)10(8-9(2)3)14-12(16)18-13(4,5)6;1-7(2)6-8(9(13)14)12-10(15)16-11(3,4)5;1-4-5-11-9(12)8(10)6-7(2)3;1-7(2)4-9-5-8(3)10-6-9;1-4-13-8(10)7(9(11)12)5-6(2)3;1-6(2)5-8(7(3)10)9-13(4,11)12;1-4-11-8(10)7(9)5-6(2)3;2*1-5(2)4-7(8)6(3)9;1-4-7(8)5-6(2)3;/h9-10H,7-8H2,1-6H3,(H,14,16);7-8H,6H2,1-5H3,(H,12,15)(H,13,14);7-8H,4-6,10H2,1-3H3,(H,11,12);7,9H,3-6H2,1-2H3;6-7H,4-5H2,1-3H3;6,8-9H,5H2,1-4H3;6-7H,4-5,9H2,1-3H3;2*5,7H,4,8H2,1-3H3;6-7H,4-5,8H2,1-3H3;1H4. The number of aliphatic carboxylic acids is 1. The van der Waals surface area contributed by atoms with E-state index in [1.165, 1.54) is 27.2 Å². The Morgan fingerprint density at radius 3 is 1.10 bits per heavy atom. The highest BCUT2D eigenvalue weighted by Crippen LogP contribution is 2.27. The van der Waals surface area contributed by atoms with Gasteiger partial charge in [0.25, 0.3) is 0 Å². The first kappa shape index (κ1) is 134. The topological polar surface area (TPSA) is 502 Å². The molecule has 0 radical (unpaired) electrons. The van der Waals surface area contributed by atoms with Gasteiger partial charge in [-0.2, -0.15) is 0 Å². The predicted octanol–water partition coefficient (Wildman–Crippen LogP) is 15.0. The van der Waals surface area contributed by atoms with Crippen LogP contribution in [0, 0.1) is 75.2 Å². The van der Waals surface area contributed by atoms with Crippen LogP contribution in [-0.4, -0.2) is 183 Å². The Balaban J connectivity index is -0.000000141. The number of Topliss-reactive ketones (excluding diaryl/α,β-unsaturated/α-hetero) is 3. The molecule has 716 valence electrons. The molecule has 10 atom stereocenters. The van der Waals surface area contributed by atoms with Crippen molar-refractivity contribution in [3.63, 3.8) is 0 Å². The Morgan fingerprint density at radius 2 is 0.833 bits per heavy atom. The number of carbonyl (C=O) groups is 10. The molecule has 0 aromatic carbocycles. The van der Waals surface area contributed by atoms with Crippen LogP contribution in [0.1, 0.15) is 326 Å². The molecular formula is C88H182N10O21S. The number of carboxylic acids is 1. The Morgan fingerprint density at radius 1 is 0.500 bits per heavy atom. The molecule has 1 fully saturated rings. The minimum Gasteiger partial charge on any atom is -0.498 e. The number of nitrogens with zero attached hydrogens (tertiary/aromatic N) is 1. The average molecular weight is 1750 g/mol. The summed E-state index contributed by atoms with van der Waals surface area (Å²) >= 11 is 0. The van der Waals surface area contributed by atoms with E-state index in [4.69, 9.17) is 57.5 Å². The number of esters is 3. The molecule has 1 rings (SSSR count). The van der Waals surface area contributed by atoms with Gasteiger partial charge in [0, 0.05) is 36.3 Å². The van der Waals surface area contributed by atoms with Crippen molar-refractivity contribution in [2.24, 2.45) is 93.8 Å². The maximum atomic E-state index is 11.7. The van der Waals surface area contributed by atoms with E-state index >= 15 is 0 Å². The van der Waals surface area contributed by atoms with Crippen LogP contribution in [0.3, 0.4) is 0 Å². The van der Waals surface area contributed by atoms with Gasteiger partial charge in [0.1, 0.15) is 46.7 Å². The number of amides is 3. The average Bonchev–Trinajstić information content (AvgIpc) is 1.11. The molecule has 15 N–H and O–H groups in total. The molecule has 120 heavy (non-hydrogen) atoms. The van der Waals surface area contributed by atoms with Crippen LogP contribution in [0.15, 0.2) is 12.3 Å². The second-order valence-corrected chi connectivity index (χ2v) is 37.9. The number of allylic oxidation sites excluding steroid dienone is 1. The van der Waals surface area contributed by atoms with Gasteiger partial charge in [-0.15, -0.1) is 0 Å². The third-order valence-corrected chi connectivity index (χ3v) is 16.0. The zero-order valence-electron chi connectivity index (χ0n) is 80.8. The Bertz CT molecular complexity index is 2820. The molecule has 0 spiro atoms. The Hall–Kier alpha value is -6.45. The second kappa shape index (κ2) is 76.2. The molecule has 10 unspecified atom stereocenters. The summed E-state index contributed by atoms with van der Waals surface area (Å²) in [6, 6.07) is -4.18. The number of ether oxygens (including phenoxy) is 6. The van der Waals surface area contributed by atoms with Gasteiger partial charge < -0.3 is 78.1 Å². The molecular weight excluding hydrogens is 1570 g/mol. The molecule has 0 aromatic heterocycles. The number of nitro groups is 1. The number of ketones is 3. The van der Waals surface area contributed by atoms with E-state index in [0.717, 1.165) is 87.9 Å². The second-order valence-electron chi connectivity index (χ2n) is 36.2. The molecule has 1 aliphatic heterocycles. The number of hydrogen-bond donors (Lipinski definition) is 10. The molecule has 32 heteroatoms. The van der Waals surface area contributed by atoms with Crippen molar-refractivity contribution in [3.8, 4) is 0 Å². The van der Waals surface area contributed by atoms with Crippen molar-refractivity contribution in [2.75, 3.05) is 39.2 Å². The summed E-state index contributed by atoms with van der Waals surface area (Å²) in [5, 5.41) is 27.0. The molecule has 1 heterocycles. The van der Waals surface area contributed by atoms with Crippen molar-refractivity contribution in [1.82, 2.24) is 20.7 Å². The van der Waals surface area contributed by atoms with Crippen LogP contribution in [0.25, 0.3) is 0 Å². The van der Waals surface area contributed by atoms with Crippen molar-refractivity contribution < 1.29 is 94.8 Å². The molecule has 1 aliphatic rings. The van der Waals surface area contributed by atoms with E-state index in [9.17, 15) is 66.5 Å². The summed E-state index contributed by atoms with van der Waals surface area (Å²) in [6.45, 7) is 71.2. The van der Waals surface area contributed by atoms with Crippen LogP contribution in [0.5, 0.6) is 0 Å². The van der Waals surface area contributed by atoms with Gasteiger partial charge in [0.05, 0.1) is 62.6 Å². The fourth-order valence-electron chi connectivity index (χ4n) is 9.96. The van der Waals surface area contributed by atoms with Gasteiger partial charge in [-0.3, -0.25) is 34.1 Å². The van der Waals surface area contributed by atoms with E-state index in [2.05, 4.69) is 108 Å². The predicted molar refractivity (Wildman–Crippen MR) is 486 cm³/mol. The summed E-state index contributed by atoms with van der Waals surface area (Å²) in [6.07, 6.45) is 10.1. The van der Waals surface area contributed by atoms with Gasteiger partial charge in [-0.25, -0.2) is 37.1 Å². The summed E-state index contributed by atoms with van der Waals surface area (Å²) in [5.74, 6) is 3.61. The molecule has 0 aromatic rings. The number of carboxylic acid groups (broad SMARTS) is 1. The first-order valence-corrected chi connectivity index (χ1v) is 44.6. The zero-order chi connectivity index (χ0) is 95.8. The van der Waals surface area contributed by atoms with E-state index in [1.807, 2.05) is 76.2 Å². The third kappa shape index (κ3) is 100. The lowest BCUT2D eigenvalue weighted by Gasteiger charge is -2.23. The molecule has 31 nitrogen and oxygen atoms in total. The van der Waals surface area contributed by atoms with Gasteiger partial charge in [-0.1, -0.05) is 166 Å². The molecule has 1 saturated heterocycles. The minimum absolute atomic E-state index is 0. The molecule has 0 saturated carbocycles. The number of sulfonamides is 1. The third-order valence-electron chi connectivity index (χ3n) is 15.3. The van der Waals surface area contributed by atoms with Crippen LogP contribution >= 0.6 is 0 Å². The van der Waals surface area contributed by atoms with Gasteiger partial charge in [0.2, 0.25) is 15.9 Å². The van der Waals surface area contributed by atoms with Crippen LogP contribution in [-0.2, 0) is 76.8 Å². The number of rotatable bonds is 39. The highest BCUT2D eigenvalue weighted by Gasteiger charge is 2.32. The first-order valence-electron chi connectivity index (χ1n) is 42.7. The monoisotopic (exact) mass is 1750 g/mol. The number of alkyl carbamates (subject to hydrolysis) is 2. The zero-order valence-corrected chi connectivity index (χ0v) is 81.7. The SMILES string of the molecule is C.C=C1CC(CC(C)C)CO1.CC(=O)C(CC(C)C)NS(C)(=O)=O.CC(=O)C(N)CC(C)C.CC(=O)C(N)CC(C)C.CC(C)CC(NC(=O)OC(C)(C)C)C(=O)O.CCC(N)CC(C)C.CCCNC(=O)C(N)CC(C)C.CCOC(=O)C(CC(C)C)NC(=O)OC(C)(C)C.CCOC(=O)C(CC(C)C)[N+](=O)[O-].CCOC(=O)C(N)CC(C)C. The lowest BCUT2D eigenvalue weighted by atomic mass is 9.96. The van der Waals surface area contributed by atoms with E-state index in [1.54, 1.807) is 62.3 Å². The maximum Gasteiger partial charge on any atom is 0.408 e. The number of hydrogen-bond acceptors (Lipinski definition) is 25. The van der Waals surface area contributed by atoms with Gasteiger partial charge in [-0.05, 0) is 213 Å². The Labute approximate surface area is 728 Å². The quantitative estimate of drug-likeness (QED) is 0.0118. The highest BCUT2D eigenvalue weighted by atomic mass is 32.2. The summed E-state index contributed by atoms with van der Waals surface area (Å²) in [7, 11) is -3.28. The maximum absolute atomic E-state index is 11.7. The van der Waals surface area contributed by atoms with E-state index in [0.29, 0.717) is 74.5 Å². The summed E-state index contributed by atoms with van der Waals surface area (Å²) in [4.78, 5) is 121. The molecule has 3 amide bonds. The van der Waals surface area contributed by atoms with Crippen LogP contribution in [0.2, 0.25) is 0 Å². The van der Waals surface area contributed by atoms with E-state index < -0.39 is 86.5 Å². The normalized spacial score (nSPS) is 14.4. The fourth-order valence-corrected chi connectivity index (χ4v) is 10.7. The van der Waals surface area contributed by atoms with Crippen LogP contribution < -0.4 is 49.3 Å². The summed E-state index contributed by atoms with van der Waals surface area (Å²) in [5.41, 5.74) is 26.6. The Kier molecular flexibility index (Phi) is 85.2. The molecule has 0 bridgehead atoms. The van der Waals surface area contributed by atoms with E-state index in [-0.39, 0.29) is 85.6 Å². The number of nitrogens with one attached hydrogen (secondary N) is 4. The first-order chi connectivity index (χ1) is 54.0. The van der Waals surface area contributed by atoms with Gasteiger partial charge >= 0.3 is 42.1 Å². The highest BCUT2D eigenvalue weighted by molar-refractivity contribution is 7.88. The number of nitrogens with two attached hydrogens (primary N) is 5. The van der Waals surface area contributed by atoms with Crippen LogP contribution in [0.4, 0.5) is 9.59 Å². The lowest BCUT2D eigenvalue weighted by Crippen LogP contribution is -2.44. The fraction of sp³-hybridized carbons (Fsp3) is 0.864. The summed E-state index contributed by atoms with van der Waals surface area (Å²) < 4.78 is 53.7. The van der Waals surface area contributed by atoms with Crippen molar-refractivity contribution >= 4 is 69.3 Å². The largest absolute Gasteiger partial charge is 0.498 e. The smallest absolute Gasteiger partial charge is 0.408 e. The minimum atomic E-state index is -3.28. The van der Waals surface area contributed by atoms with Crippen molar-refractivity contribution in [3.05, 3.63) is 22.5 Å². The molecule has 0 aliphatic carbocycles. The van der Waals surface area contributed by atoms with Gasteiger partial charge in [0.15, 0.2) is 0 Å². The van der Waals surface area contributed by atoms with Crippen molar-refractivity contribution in [1.29, 1.82) is 0 Å². The number of carbonyl (C=O) groups excluding carboxylic acids is 9. The van der Waals surface area contributed by atoms with Crippen molar-refractivity contribution in [2.45, 2.75) is 392 Å². The lowest BCUT2D eigenvalue weighted by molar-refractivity contribution is -0.512.